The molecule has 0 radical (unpaired) electrons. The fourth-order valence-corrected chi connectivity index (χ4v) is 7.75. The van der Waals surface area contributed by atoms with E-state index < -0.39 is 17.5 Å². The maximum Gasteiger partial charge on any atom is 0.135 e. The van der Waals surface area contributed by atoms with Gasteiger partial charge in [0.1, 0.15) is 5.82 Å². The number of fused-ring (bicyclic) bond motifs is 4. The molecule has 1 aliphatic rings. The molecule has 7 aromatic carbocycles. The van der Waals surface area contributed by atoms with Crippen LogP contribution >= 0.6 is 0 Å². The molecule has 0 amide bonds. The predicted molar refractivity (Wildman–Crippen MR) is 252 cm³/mol. The number of ether oxygens (including phenoxy) is 1. The molecular formula is C56H47N4OPt-3. The van der Waals surface area contributed by atoms with Gasteiger partial charge in [0.25, 0.3) is 0 Å². The van der Waals surface area contributed by atoms with E-state index >= 15 is 0 Å². The van der Waals surface area contributed by atoms with Crippen molar-refractivity contribution in [3.05, 3.63) is 200 Å². The van der Waals surface area contributed by atoms with Crippen molar-refractivity contribution in [2.75, 3.05) is 9.80 Å². The van der Waals surface area contributed by atoms with Crippen molar-refractivity contribution in [1.82, 2.24) is 9.55 Å². The molecule has 0 atom stereocenters. The molecule has 62 heavy (non-hydrogen) atoms. The first-order valence-electron chi connectivity index (χ1n) is 24.7. The van der Waals surface area contributed by atoms with Crippen LogP contribution in [0.25, 0.3) is 49.9 Å². The van der Waals surface area contributed by atoms with E-state index in [1.54, 1.807) is 34.5 Å². The molecule has 6 heteroatoms. The van der Waals surface area contributed by atoms with Gasteiger partial charge in [-0.15, -0.1) is 48.0 Å². The van der Waals surface area contributed by atoms with Crippen LogP contribution in [-0.4, -0.2) is 9.55 Å². The summed E-state index contributed by atoms with van der Waals surface area (Å²) < 4.78 is 90.5. The Morgan fingerprint density at radius 2 is 1.24 bits per heavy atom. The molecule has 5 nitrogen and oxygen atoms in total. The fraction of sp³-hybridized carbons (Fsp3) is 0.143. The Balaban J connectivity index is 0.00000624. The van der Waals surface area contributed by atoms with E-state index in [0.717, 1.165) is 16.7 Å². The van der Waals surface area contributed by atoms with Crippen molar-refractivity contribution in [3.8, 4) is 39.6 Å². The molecule has 10 rings (SSSR count). The largest absolute Gasteiger partial charge is 0.509 e. The summed E-state index contributed by atoms with van der Waals surface area (Å²) in [7, 11) is 0. The van der Waals surface area contributed by atoms with Crippen molar-refractivity contribution in [2.24, 2.45) is 0 Å². The number of para-hydroxylation sites is 3. The van der Waals surface area contributed by atoms with Crippen LogP contribution in [0.1, 0.15) is 65.0 Å². The fourth-order valence-electron chi connectivity index (χ4n) is 7.75. The number of pyridine rings is 1. The number of rotatable bonds is 7. The van der Waals surface area contributed by atoms with Crippen LogP contribution in [0.3, 0.4) is 0 Å². The zero-order valence-electron chi connectivity index (χ0n) is 44.1. The average Bonchev–Trinajstić information content (AvgIpc) is 3.89. The Hall–Kier alpha value is -6.42. The SMILES string of the molecule is [2H]c1c(Oc2[c-]c3c(cc2)c2c([2H])c([2H])c([2H])c([2H])c2n3-c2cc(C(C)(C)C)ccn2)[c-]c(N2[CH-]N(c3c(-c4ccccc4)c([2H])c(C(C)(C)C)c([2H])c3-c3ccccc3)c3ccccc32)c([2H])c1[2H].[Pt]. The number of nitrogens with zero attached hydrogens (tertiary/aromatic N) is 4. The second-order valence-corrected chi connectivity index (χ2v) is 17.1. The van der Waals surface area contributed by atoms with Crippen molar-refractivity contribution >= 4 is 44.6 Å². The summed E-state index contributed by atoms with van der Waals surface area (Å²) >= 11 is 0. The van der Waals surface area contributed by atoms with Gasteiger partial charge in [-0.05, 0) is 83.6 Å². The molecular weight excluding hydrogens is 940 g/mol. The number of anilines is 4. The third-order valence-electron chi connectivity index (χ3n) is 10.9. The van der Waals surface area contributed by atoms with Gasteiger partial charge in [0, 0.05) is 73.8 Å². The van der Waals surface area contributed by atoms with E-state index in [0.29, 0.717) is 50.5 Å². The van der Waals surface area contributed by atoms with Crippen LogP contribution in [0.5, 0.6) is 11.5 Å². The van der Waals surface area contributed by atoms with Crippen molar-refractivity contribution < 1.29 is 38.1 Å². The molecule has 0 unspecified atom stereocenters. The van der Waals surface area contributed by atoms with Crippen molar-refractivity contribution in [3.63, 3.8) is 0 Å². The van der Waals surface area contributed by atoms with Crippen molar-refractivity contribution in [1.29, 1.82) is 0 Å². The number of hydrogen-bond acceptors (Lipinski definition) is 4. The Kier molecular flexibility index (Phi) is 8.17. The number of aromatic nitrogens is 2. The second kappa shape index (κ2) is 16.1. The van der Waals surface area contributed by atoms with Crippen LogP contribution in [-0.2, 0) is 31.9 Å². The summed E-state index contributed by atoms with van der Waals surface area (Å²) in [6.07, 6.45) is 1.67. The Morgan fingerprint density at radius 1 is 0.613 bits per heavy atom. The van der Waals surface area contributed by atoms with Crippen LogP contribution < -0.4 is 14.5 Å². The summed E-state index contributed by atoms with van der Waals surface area (Å²) in [5, 5.41) is 0.765. The molecule has 1 aliphatic heterocycles. The summed E-state index contributed by atoms with van der Waals surface area (Å²) in [6.45, 7) is 14.0. The minimum atomic E-state index is -0.564. The second-order valence-electron chi connectivity index (χ2n) is 17.1. The molecule has 0 fully saturated rings. The van der Waals surface area contributed by atoms with Gasteiger partial charge in [-0.25, -0.2) is 4.98 Å². The topological polar surface area (TPSA) is 33.5 Å². The van der Waals surface area contributed by atoms with Gasteiger partial charge in [-0.1, -0.05) is 138 Å². The smallest absolute Gasteiger partial charge is 0.135 e. The molecule has 9 aromatic rings. The molecule has 310 valence electrons. The zero-order valence-corrected chi connectivity index (χ0v) is 37.3. The third-order valence-corrected chi connectivity index (χ3v) is 10.9. The standard InChI is InChI=1S/C56H47N4O.Pt/c1-55(2,3)40-30-31-57-53(34-40)60-49-25-14-13-24-45(49)46-29-28-44(36-52(46)60)61-43-23-17-22-42(35-43)58-37-59(51-27-16-15-26-50(51)58)54-47(38-18-9-7-10-19-38)32-41(56(4,5)6)33-48(54)39-20-11-8-12-21-39;/h7-34,37H,1-6H3;/q-3;/i13D,14D,17D,22D,23D,24D,25D,32D,33D;. The normalized spacial score (nSPS) is 14.8. The molecule has 0 saturated heterocycles. The Morgan fingerprint density at radius 3 is 1.90 bits per heavy atom. The van der Waals surface area contributed by atoms with E-state index in [-0.39, 0.29) is 96.9 Å². The minimum Gasteiger partial charge on any atom is -0.509 e. The maximum absolute atomic E-state index is 9.87. The van der Waals surface area contributed by atoms with E-state index in [9.17, 15) is 4.11 Å². The van der Waals surface area contributed by atoms with Gasteiger partial charge >= 0.3 is 0 Å². The van der Waals surface area contributed by atoms with E-state index in [2.05, 4.69) is 37.9 Å². The zero-order chi connectivity index (χ0) is 49.7. The van der Waals surface area contributed by atoms with E-state index in [4.69, 9.17) is 13.0 Å². The molecule has 3 heterocycles. The maximum atomic E-state index is 9.87. The first-order valence-corrected chi connectivity index (χ1v) is 20.2. The summed E-state index contributed by atoms with van der Waals surface area (Å²) in [5.41, 5.74) is 6.09. The van der Waals surface area contributed by atoms with Gasteiger partial charge in [-0.2, -0.15) is 12.1 Å². The van der Waals surface area contributed by atoms with Crippen LogP contribution in [0.15, 0.2) is 170 Å². The van der Waals surface area contributed by atoms with E-state index in [1.165, 1.54) is 0 Å². The van der Waals surface area contributed by atoms with Crippen LogP contribution in [0, 0.1) is 18.8 Å². The molecule has 0 bridgehead atoms. The van der Waals surface area contributed by atoms with Gasteiger partial charge in [0.05, 0.1) is 8.22 Å². The Bertz CT molecular complexity index is 3520. The van der Waals surface area contributed by atoms with E-state index in [1.807, 2.05) is 123 Å². The van der Waals surface area contributed by atoms with Crippen LogP contribution in [0.4, 0.5) is 22.7 Å². The molecule has 2 aromatic heterocycles. The minimum absolute atomic E-state index is 0. The first kappa shape index (κ1) is 31.4. The van der Waals surface area contributed by atoms with Crippen molar-refractivity contribution in [2.45, 2.75) is 52.4 Å². The monoisotopic (exact) mass is 995 g/mol. The van der Waals surface area contributed by atoms with Gasteiger partial charge in [0.2, 0.25) is 0 Å². The summed E-state index contributed by atoms with van der Waals surface area (Å²) in [4.78, 5) is 8.33. The molecule has 0 spiro atoms. The molecule has 0 N–H and O–H groups in total. The quantitative estimate of drug-likeness (QED) is 0.149. The molecule has 0 saturated carbocycles. The summed E-state index contributed by atoms with van der Waals surface area (Å²) in [5.74, 6) is 0.348. The first-order chi connectivity index (χ1) is 33.3. The number of benzene rings is 7. The number of hydrogen-bond donors (Lipinski definition) is 0. The Labute approximate surface area is 392 Å². The van der Waals surface area contributed by atoms with Gasteiger partial charge in [-0.3, -0.25) is 0 Å². The summed E-state index contributed by atoms with van der Waals surface area (Å²) in [6, 6.07) is 38.6. The predicted octanol–water partition coefficient (Wildman–Crippen LogP) is 14.9. The van der Waals surface area contributed by atoms with Gasteiger partial charge < -0.3 is 19.1 Å². The van der Waals surface area contributed by atoms with Crippen LogP contribution in [0.2, 0.25) is 0 Å². The third kappa shape index (κ3) is 7.49. The molecule has 0 aliphatic carbocycles. The average molecular weight is 996 g/mol. The van der Waals surface area contributed by atoms with Gasteiger partial charge in [0.15, 0.2) is 0 Å².